The van der Waals surface area contributed by atoms with Crippen molar-refractivity contribution >= 4 is 39.2 Å². The summed E-state index contributed by atoms with van der Waals surface area (Å²) in [6, 6.07) is 0. The zero-order chi connectivity index (χ0) is 25.7. The first-order valence-electron chi connectivity index (χ1n) is 12.9. The Morgan fingerprint density at radius 2 is 1.79 bits per heavy atom. The Balaban J connectivity index is 1.83. The quantitative estimate of drug-likeness (QED) is 0.592. The number of allylic oxidation sites excluding steroid dienone is 4. The number of aliphatic hydroxyl groups is 2. The Morgan fingerprint density at radius 1 is 1.15 bits per heavy atom. The van der Waals surface area contributed by atoms with E-state index in [-0.39, 0.29) is 11.8 Å². The Morgan fingerprint density at radius 3 is 2.41 bits per heavy atom. The third-order valence-corrected chi connectivity index (χ3v) is 9.25. The lowest BCUT2D eigenvalue weighted by Gasteiger charge is -2.55. The van der Waals surface area contributed by atoms with E-state index in [2.05, 4.69) is 26.5 Å². The van der Waals surface area contributed by atoms with Crippen LogP contribution in [0, 0.1) is 23.2 Å². The molecule has 0 amide bonds. The van der Waals surface area contributed by atoms with E-state index in [9.17, 15) is 10.2 Å². The fourth-order valence-electron chi connectivity index (χ4n) is 7.13. The predicted octanol–water partition coefficient (Wildman–Crippen LogP) is 4.36. The lowest BCUT2D eigenvalue weighted by atomic mass is 9.28. The lowest BCUT2D eigenvalue weighted by molar-refractivity contribution is 0.0596. The molecular formula is C27H39B5O2. The second-order valence-corrected chi connectivity index (χ2v) is 12.6. The molecule has 0 bridgehead atoms. The molecule has 0 aromatic carbocycles. The summed E-state index contributed by atoms with van der Waals surface area (Å²) in [5.41, 5.74) is -0.0817. The van der Waals surface area contributed by atoms with Crippen molar-refractivity contribution in [3.05, 3.63) is 35.5 Å². The van der Waals surface area contributed by atoms with Crippen molar-refractivity contribution < 1.29 is 10.2 Å². The van der Waals surface area contributed by atoms with Crippen LogP contribution in [0.2, 0.25) is 10.4 Å². The summed E-state index contributed by atoms with van der Waals surface area (Å²) in [5.74, 6) is 1.79. The summed E-state index contributed by atoms with van der Waals surface area (Å²) < 4.78 is 0. The van der Waals surface area contributed by atoms with E-state index in [0.717, 1.165) is 32.1 Å². The first kappa shape index (κ1) is 28.0. The standard InChI is InChI=1S/C27H39B5O2/c1-17(8-6-14-23(3,4)33)20-12-13-22-19(9-7-15-24(20,22)5)10-11-21-18(2)25(28,29)16-26(30,34)27(21,31)32/h10-11,17,20,22,33-34H,2,6-9,12-16H2,1,3-5H3/b19-10+,21-11+/t17-,20-,22+,24-,26+/m1/s1. The lowest BCUT2D eigenvalue weighted by Crippen LogP contribution is -2.53. The van der Waals surface area contributed by atoms with Crippen LogP contribution < -0.4 is 0 Å². The van der Waals surface area contributed by atoms with E-state index in [0.29, 0.717) is 28.9 Å². The van der Waals surface area contributed by atoms with Gasteiger partial charge in [-0.25, -0.2) is 0 Å². The largest absolute Gasteiger partial charge is 0.400 e. The van der Waals surface area contributed by atoms with Crippen molar-refractivity contribution in [2.75, 3.05) is 0 Å². The monoisotopic (exact) mass is 450 g/mol. The van der Waals surface area contributed by atoms with Crippen molar-refractivity contribution in [1.29, 1.82) is 0 Å². The average molecular weight is 450 g/mol. The minimum atomic E-state index is -1.94. The van der Waals surface area contributed by atoms with Crippen molar-refractivity contribution in [1.82, 2.24) is 0 Å². The zero-order valence-electron chi connectivity index (χ0n) is 21.7. The molecule has 174 valence electrons. The van der Waals surface area contributed by atoms with Gasteiger partial charge in [0, 0.05) is 5.50 Å². The Hall–Kier alpha value is -0.535. The molecule has 3 aliphatic rings. The maximum Gasteiger partial charge on any atom is 0.112 e. The third-order valence-electron chi connectivity index (χ3n) is 9.25. The molecule has 0 unspecified atom stereocenters. The SMILES string of the molecule is [B]C1([B])C[C@]([B])(O)C([B])([B])/C(=C/C=C2\CCC[C@]3(C)[C@@H]([C@H](C)CCCC(C)(C)O)CC[C@@H]23)C1=C. The Kier molecular flexibility index (Phi) is 7.76. The summed E-state index contributed by atoms with van der Waals surface area (Å²) >= 11 is 0. The smallest absolute Gasteiger partial charge is 0.112 e. The molecule has 0 aromatic rings. The molecule has 3 rings (SSSR count). The van der Waals surface area contributed by atoms with Gasteiger partial charge >= 0.3 is 0 Å². The highest BCUT2D eigenvalue weighted by molar-refractivity contribution is 6.50. The minimum absolute atomic E-state index is 0.173. The van der Waals surface area contributed by atoms with Gasteiger partial charge in [0.1, 0.15) is 7.85 Å². The van der Waals surface area contributed by atoms with E-state index in [4.69, 9.17) is 39.2 Å². The molecule has 0 aromatic heterocycles. The first-order valence-corrected chi connectivity index (χ1v) is 12.9. The molecule has 3 fully saturated rings. The molecule has 0 heterocycles. The summed E-state index contributed by atoms with van der Waals surface area (Å²) in [6.45, 7) is 12.7. The highest BCUT2D eigenvalue weighted by Gasteiger charge is 2.51. The number of fused-ring (bicyclic) bond motifs is 1. The number of hydrogen-bond acceptors (Lipinski definition) is 2. The first-order chi connectivity index (χ1) is 15.4. The van der Waals surface area contributed by atoms with Gasteiger partial charge in [0.15, 0.2) is 0 Å². The van der Waals surface area contributed by atoms with Crippen LogP contribution in [-0.2, 0) is 0 Å². The molecule has 2 N–H and O–H groups in total. The van der Waals surface area contributed by atoms with Gasteiger partial charge < -0.3 is 10.2 Å². The van der Waals surface area contributed by atoms with Gasteiger partial charge in [-0.2, -0.15) is 0 Å². The summed E-state index contributed by atoms with van der Waals surface area (Å²) in [4.78, 5) is 0. The maximum atomic E-state index is 10.7. The van der Waals surface area contributed by atoms with Gasteiger partial charge in [-0.15, -0.1) is 0 Å². The Labute approximate surface area is 214 Å². The fourth-order valence-corrected chi connectivity index (χ4v) is 7.13. The molecular weight excluding hydrogens is 410 g/mol. The van der Waals surface area contributed by atoms with Crippen molar-refractivity contribution in [2.45, 2.75) is 107 Å². The van der Waals surface area contributed by atoms with Gasteiger partial charge in [-0.1, -0.05) is 72.6 Å². The van der Waals surface area contributed by atoms with Gasteiger partial charge in [0.25, 0.3) is 0 Å². The van der Waals surface area contributed by atoms with Crippen LogP contribution in [0.1, 0.15) is 85.5 Å². The molecule has 5 atom stereocenters. The van der Waals surface area contributed by atoms with Crippen LogP contribution in [0.15, 0.2) is 35.5 Å². The molecule has 34 heavy (non-hydrogen) atoms. The number of rotatable bonds is 6. The molecule has 10 radical (unpaired) electrons. The van der Waals surface area contributed by atoms with Crippen LogP contribution in [-0.4, -0.2) is 60.5 Å². The van der Waals surface area contributed by atoms with Gasteiger partial charge in [-0.3, -0.25) is 0 Å². The predicted molar refractivity (Wildman–Crippen MR) is 147 cm³/mol. The van der Waals surface area contributed by atoms with Gasteiger partial charge in [0.05, 0.1) is 37.0 Å². The fraction of sp³-hybridized carbons (Fsp3) is 0.778. The average Bonchev–Trinajstić information content (AvgIpc) is 3.02. The van der Waals surface area contributed by atoms with E-state index in [1.165, 1.54) is 24.8 Å². The molecule has 7 heteroatoms. The maximum absolute atomic E-state index is 10.7. The minimum Gasteiger partial charge on any atom is -0.400 e. The molecule has 0 saturated heterocycles. The van der Waals surface area contributed by atoms with Crippen molar-refractivity contribution in [3.63, 3.8) is 0 Å². The van der Waals surface area contributed by atoms with Crippen LogP contribution in [0.25, 0.3) is 0 Å². The van der Waals surface area contributed by atoms with Crippen molar-refractivity contribution in [3.8, 4) is 0 Å². The normalized spacial score (nSPS) is 38.7. The summed E-state index contributed by atoms with van der Waals surface area (Å²) in [7, 11) is 31.1. The molecule has 2 nitrogen and oxygen atoms in total. The van der Waals surface area contributed by atoms with Crippen LogP contribution in [0.5, 0.6) is 0 Å². The van der Waals surface area contributed by atoms with E-state index in [1.807, 2.05) is 19.9 Å². The van der Waals surface area contributed by atoms with Crippen LogP contribution >= 0.6 is 0 Å². The molecule has 3 saturated carbocycles. The topological polar surface area (TPSA) is 40.5 Å². The number of hydrogen-bond donors (Lipinski definition) is 2. The Bertz CT molecular complexity index is 852. The zero-order valence-corrected chi connectivity index (χ0v) is 21.7. The van der Waals surface area contributed by atoms with Gasteiger partial charge in [0.2, 0.25) is 0 Å². The highest BCUT2D eigenvalue weighted by atomic mass is 16.3. The van der Waals surface area contributed by atoms with Crippen molar-refractivity contribution in [2.24, 2.45) is 23.2 Å². The van der Waals surface area contributed by atoms with Crippen LogP contribution in [0.3, 0.4) is 0 Å². The van der Waals surface area contributed by atoms with Gasteiger partial charge in [-0.05, 0) is 82.0 Å². The molecule has 0 spiro atoms. The summed E-state index contributed by atoms with van der Waals surface area (Å²) in [6.07, 6.45) is 12.6. The van der Waals surface area contributed by atoms with Crippen LogP contribution in [0.4, 0.5) is 0 Å². The second-order valence-electron chi connectivity index (χ2n) is 12.6. The van der Waals surface area contributed by atoms with E-state index >= 15 is 0 Å². The molecule has 3 aliphatic carbocycles. The van der Waals surface area contributed by atoms with E-state index < -0.39 is 21.5 Å². The third kappa shape index (κ3) is 5.27. The summed E-state index contributed by atoms with van der Waals surface area (Å²) in [5, 5.41) is 17.7. The highest BCUT2D eigenvalue weighted by Crippen LogP contribution is 2.61. The van der Waals surface area contributed by atoms with E-state index in [1.54, 1.807) is 0 Å². The molecule has 0 aliphatic heterocycles. The second kappa shape index (κ2) is 9.40.